The average Bonchev–Trinajstić information content (AvgIpc) is 3.24. The molecule has 3 unspecified atom stereocenters. The van der Waals surface area contributed by atoms with Crippen LogP contribution in [0.1, 0.15) is 45.1 Å². The smallest absolute Gasteiger partial charge is 0.326 e. The number of carbonyl (C=O) groups excluding carboxylic acids is 3. The fourth-order valence-electron chi connectivity index (χ4n) is 3.98. The number of aliphatic carboxylic acids is 1. The average molecular weight is 503 g/mol. The van der Waals surface area contributed by atoms with Gasteiger partial charge in [-0.1, -0.05) is 32.0 Å². The highest BCUT2D eigenvalue weighted by Crippen LogP contribution is 2.19. The van der Waals surface area contributed by atoms with Crippen molar-refractivity contribution in [3.8, 4) is 0 Å². The van der Waals surface area contributed by atoms with Crippen molar-refractivity contribution in [2.45, 2.75) is 64.1 Å². The summed E-state index contributed by atoms with van der Waals surface area (Å²) in [6.07, 6.45) is 3.65. The lowest BCUT2D eigenvalue weighted by atomic mass is 10.0. The molecule has 0 fully saturated rings. The molecule has 1 aromatic heterocycles. The molecule has 0 saturated carbocycles. The molecule has 0 saturated heterocycles. The van der Waals surface area contributed by atoms with E-state index in [1.807, 2.05) is 38.1 Å². The number of carbonyl (C=O) groups is 4. The maximum atomic E-state index is 13.3. The van der Waals surface area contributed by atoms with Gasteiger partial charge in [0.05, 0.1) is 6.54 Å². The van der Waals surface area contributed by atoms with E-state index in [4.69, 9.17) is 11.5 Å². The van der Waals surface area contributed by atoms with E-state index >= 15 is 0 Å². The Morgan fingerprint density at radius 1 is 0.944 bits per heavy atom. The van der Waals surface area contributed by atoms with Crippen molar-refractivity contribution in [2.75, 3.05) is 13.1 Å². The first-order valence-electron chi connectivity index (χ1n) is 12.2. The maximum Gasteiger partial charge on any atom is 0.326 e. The van der Waals surface area contributed by atoms with Gasteiger partial charge in [-0.25, -0.2) is 4.79 Å². The van der Waals surface area contributed by atoms with Gasteiger partial charge in [0, 0.05) is 23.5 Å². The quantitative estimate of drug-likeness (QED) is 0.171. The molecule has 0 aliphatic heterocycles. The molecule has 198 valence electrons. The van der Waals surface area contributed by atoms with Crippen LogP contribution in [0.3, 0.4) is 0 Å². The lowest BCUT2D eigenvalue weighted by Crippen LogP contribution is -2.56. The van der Waals surface area contributed by atoms with Gasteiger partial charge in [-0.2, -0.15) is 0 Å². The number of nitrogens with two attached hydrogens (primary N) is 2. The molecule has 0 aliphatic rings. The number of fused-ring (bicyclic) bond motifs is 1. The zero-order chi connectivity index (χ0) is 26.7. The van der Waals surface area contributed by atoms with E-state index in [2.05, 4.69) is 20.9 Å². The first-order valence-corrected chi connectivity index (χ1v) is 12.2. The van der Waals surface area contributed by atoms with Crippen LogP contribution in [0.15, 0.2) is 30.5 Å². The standard InChI is InChI=1S/C25H38N6O5/c1-15(2)11-21(25(35)36)31-23(33)19(9-5-6-10-26)30-24(34)20(29-22(32)13-27)12-16-14-28-18-8-4-3-7-17(16)18/h3-4,7-8,14-15,19-21,28H,5-6,9-13,26-27H2,1-2H3,(H,29,32)(H,30,34)(H,31,33)(H,35,36). The first-order chi connectivity index (χ1) is 17.2. The van der Waals surface area contributed by atoms with E-state index in [0.29, 0.717) is 19.4 Å². The molecule has 0 bridgehead atoms. The fraction of sp³-hybridized carbons (Fsp3) is 0.520. The number of hydrogen-bond donors (Lipinski definition) is 7. The van der Waals surface area contributed by atoms with Crippen LogP contribution in [-0.4, -0.2) is 65.0 Å². The number of carboxylic acid groups (broad SMARTS) is 1. The molecule has 36 heavy (non-hydrogen) atoms. The van der Waals surface area contributed by atoms with Gasteiger partial charge in [0.2, 0.25) is 17.7 Å². The summed E-state index contributed by atoms with van der Waals surface area (Å²) in [5.41, 5.74) is 12.7. The molecule has 2 rings (SSSR count). The lowest BCUT2D eigenvalue weighted by Gasteiger charge is -2.25. The summed E-state index contributed by atoms with van der Waals surface area (Å²) in [5.74, 6) is -2.77. The second kappa shape index (κ2) is 14.2. The minimum atomic E-state index is -1.14. The Morgan fingerprint density at radius 3 is 2.25 bits per heavy atom. The number of benzene rings is 1. The minimum Gasteiger partial charge on any atom is -0.480 e. The molecule has 0 aliphatic carbocycles. The lowest BCUT2D eigenvalue weighted by molar-refractivity contribution is -0.142. The van der Waals surface area contributed by atoms with Crippen molar-refractivity contribution in [2.24, 2.45) is 17.4 Å². The van der Waals surface area contributed by atoms with Crippen molar-refractivity contribution in [3.05, 3.63) is 36.0 Å². The Labute approximate surface area is 210 Å². The zero-order valence-corrected chi connectivity index (χ0v) is 20.9. The van der Waals surface area contributed by atoms with E-state index in [1.165, 1.54) is 0 Å². The third-order valence-electron chi connectivity index (χ3n) is 5.84. The van der Waals surface area contributed by atoms with Crippen LogP contribution in [0.4, 0.5) is 0 Å². The number of aromatic nitrogens is 1. The number of unbranched alkanes of at least 4 members (excludes halogenated alkanes) is 1. The highest BCUT2D eigenvalue weighted by Gasteiger charge is 2.30. The Hall–Kier alpha value is -3.44. The molecule has 11 nitrogen and oxygen atoms in total. The third-order valence-corrected chi connectivity index (χ3v) is 5.84. The summed E-state index contributed by atoms with van der Waals surface area (Å²) in [6.45, 7) is 3.84. The second-order valence-electron chi connectivity index (χ2n) is 9.26. The number of nitrogens with one attached hydrogen (secondary N) is 4. The van der Waals surface area contributed by atoms with E-state index < -0.39 is 41.8 Å². The largest absolute Gasteiger partial charge is 0.480 e. The molecule has 3 amide bonds. The van der Waals surface area contributed by atoms with E-state index in [0.717, 1.165) is 16.5 Å². The van der Waals surface area contributed by atoms with Gasteiger partial charge >= 0.3 is 5.97 Å². The molecular weight excluding hydrogens is 464 g/mol. The Bertz CT molecular complexity index is 1040. The molecule has 1 heterocycles. The highest BCUT2D eigenvalue weighted by molar-refractivity contribution is 5.94. The zero-order valence-electron chi connectivity index (χ0n) is 20.9. The Kier molecular flexibility index (Phi) is 11.4. The summed E-state index contributed by atoms with van der Waals surface area (Å²) in [7, 11) is 0. The van der Waals surface area contributed by atoms with Gasteiger partial charge in [-0.15, -0.1) is 0 Å². The topological polar surface area (TPSA) is 192 Å². The molecule has 0 spiro atoms. The molecule has 1 aromatic carbocycles. The van der Waals surface area contributed by atoms with Crippen molar-refractivity contribution in [3.63, 3.8) is 0 Å². The van der Waals surface area contributed by atoms with Gasteiger partial charge in [0.1, 0.15) is 18.1 Å². The predicted octanol–water partition coefficient (Wildman–Crippen LogP) is 0.383. The van der Waals surface area contributed by atoms with Crippen LogP contribution in [-0.2, 0) is 25.6 Å². The molecule has 2 aromatic rings. The number of H-pyrrole nitrogens is 1. The van der Waals surface area contributed by atoms with Gasteiger partial charge in [0.25, 0.3) is 0 Å². The van der Waals surface area contributed by atoms with Crippen molar-refractivity contribution >= 4 is 34.6 Å². The van der Waals surface area contributed by atoms with Gasteiger partial charge < -0.3 is 37.5 Å². The molecular formula is C25H38N6O5. The number of aromatic amines is 1. The van der Waals surface area contributed by atoms with Crippen LogP contribution in [0.5, 0.6) is 0 Å². The van der Waals surface area contributed by atoms with Crippen LogP contribution in [0, 0.1) is 5.92 Å². The highest BCUT2D eigenvalue weighted by atomic mass is 16.4. The number of amides is 3. The number of carboxylic acids is 1. The number of hydrogen-bond acceptors (Lipinski definition) is 6. The van der Waals surface area contributed by atoms with E-state index in [9.17, 15) is 24.3 Å². The Morgan fingerprint density at radius 2 is 1.61 bits per heavy atom. The second-order valence-corrected chi connectivity index (χ2v) is 9.26. The van der Waals surface area contributed by atoms with Crippen LogP contribution < -0.4 is 27.4 Å². The maximum absolute atomic E-state index is 13.3. The summed E-state index contributed by atoms with van der Waals surface area (Å²) in [5, 5.41) is 18.3. The van der Waals surface area contributed by atoms with Gasteiger partial charge in [-0.3, -0.25) is 14.4 Å². The van der Waals surface area contributed by atoms with E-state index in [1.54, 1.807) is 6.20 Å². The molecule has 0 radical (unpaired) electrons. The van der Waals surface area contributed by atoms with Gasteiger partial charge in [-0.05, 0) is 49.8 Å². The molecule has 11 heteroatoms. The normalized spacial score (nSPS) is 13.7. The van der Waals surface area contributed by atoms with Crippen molar-refractivity contribution in [1.29, 1.82) is 0 Å². The third kappa shape index (κ3) is 8.65. The predicted molar refractivity (Wildman–Crippen MR) is 137 cm³/mol. The minimum absolute atomic E-state index is 0.0451. The fourth-order valence-corrected chi connectivity index (χ4v) is 3.98. The van der Waals surface area contributed by atoms with E-state index in [-0.39, 0.29) is 31.7 Å². The Balaban J connectivity index is 2.22. The SMILES string of the molecule is CC(C)CC(NC(=O)C(CCCCN)NC(=O)C(Cc1c[nH]c2ccccc12)NC(=O)CN)C(=O)O. The van der Waals surface area contributed by atoms with Crippen LogP contribution >= 0.6 is 0 Å². The summed E-state index contributed by atoms with van der Waals surface area (Å²) in [6, 6.07) is 4.52. The van der Waals surface area contributed by atoms with Crippen LogP contribution in [0.25, 0.3) is 10.9 Å². The van der Waals surface area contributed by atoms with Crippen molar-refractivity contribution in [1.82, 2.24) is 20.9 Å². The van der Waals surface area contributed by atoms with Crippen LogP contribution in [0.2, 0.25) is 0 Å². The van der Waals surface area contributed by atoms with Crippen molar-refractivity contribution < 1.29 is 24.3 Å². The summed E-state index contributed by atoms with van der Waals surface area (Å²) < 4.78 is 0. The first kappa shape index (κ1) is 28.8. The summed E-state index contributed by atoms with van der Waals surface area (Å²) >= 11 is 0. The molecule has 3 atom stereocenters. The summed E-state index contributed by atoms with van der Waals surface area (Å²) in [4.78, 5) is 53.2. The monoisotopic (exact) mass is 502 g/mol. The number of rotatable bonds is 15. The molecule has 9 N–H and O–H groups in total. The van der Waals surface area contributed by atoms with Gasteiger partial charge in [0.15, 0.2) is 0 Å². The number of para-hydroxylation sites is 1.